The third-order valence-electron chi connectivity index (χ3n) is 7.45. The van der Waals surface area contributed by atoms with Crippen LogP contribution in [0.15, 0.2) is 121 Å². The fraction of sp³-hybridized carbons (Fsp3) is 0.316. The molecule has 0 N–H and O–H groups in total. The lowest BCUT2D eigenvalue weighted by Gasteiger charge is -2.45. The van der Waals surface area contributed by atoms with Crippen molar-refractivity contribution in [3.8, 4) is 0 Å². The van der Waals surface area contributed by atoms with Gasteiger partial charge in [0.15, 0.2) is 12.4 Å². The quantitative estimate of drug-likeness (QED) is 0.142. The summed E-state index contributed by atoms with van der Waals surface area (Å²) in [5.41, 5.74) is 3.13. The van der Waals surface area contributed by atoms with Crippen LogP contribution >= 0.6 is 0 Å². The average molecular weight is 640 g/mol. The maximum Gasteiger partial charge on any atom is 0.419 e. The highest BCUT2D eigenvalue weighted by molar-refractivity contribution is 5.95. The summed E-state index contributed by atoms with van der Waals surface area (Å²) in [6, 6.07) is 37.8. The van der Waals surface area contributed by atoms with Crippen LogP contribution < -0.4 is 4.90 Å². The van der Waals surface area contributed by atoms with Crippen LogP contribution in [0.3, 0.4) is 0 Å². The lowest BCUT2D eigenvalue weighted by Crippen LogP contribution is -2.62. The van der Waals surface area contributed by atoms with Crippen LogP contribution in [0.2, 0.25) is 0 Å². The topological polar surface area (TPSA) is 92.8 Å². The molecule has 246 valence electrons. The zero-order valence-corrected chi connectivity index (χ0v) is 26.8. The summed E-state index contributed by atoms with van der Waals surface area (Å²) in [5, 5.41) is 0. The van der Waals surface area contributed by atoms with E-state index in [0.29, 0.717) is 11.4 Å². The van der Waals surface area contributed by atoms with Crippen molar-refractivity contribution in [1.29, 1.82) is 0 Å². The van der Waals surface area contributed by atoms with E-state index in [1.165, 1.54) is 11.8 Å². The Bertz CT molecular complexity index is 1480. The minimum atomic E-state index is -0.987. The Morgan fingerprint density at radius 3 is 1.62 bits per heavy atom. The maximum atomic E-state index is 13.7. The Morgan fingerprint density at radius 2 is 1.15 bits per heavy atom. The molecule has 47 heavy (non-hydrogen) atoms. The van der Waals surface area contributed by atoms with Crippen LogP contribution in [0.5, 0.6) is 0 Å². The van der Waals surface area contributed by atoms with Gasteiger partial charge in [0.05, 0.1) is 30.7 Å². The number of carbonyl (C=O) groups is 2. The highest BCUT2D eigenvalue weighted by Crippen LogP contribution is 2.32. The van der Waals surface area contributed by atoms with Crippen LogP contribution in [-0.4, -0.2) is 55.5 Å². The Morgan fingerprint density at radius 1 is 0.681 bits per heavy atom. The number of esters is 1. The van der Waals surface area contributed by atoms with E-state index in [4.69, 9.17) is 28.4 Å². The Balaban J connectivity index is 1.43. The second-order valence-electron chi connectivity index (χ2n) is 11.4. The average Bonchev–Trinajstić information content (AvgIpc) is 3.08. The van der Waals surface area contributed by atoms with E-state index >= 15 is 0 Å². The van der Waals surface area contributed by atoms with Crippen molar-refractivity contribution in [2.75, 3.05) is 11.5 Å². The van der Waals surface area contributed by atoms with E-state index in [-0.39, 0.29) is 25.9 Å². The summed E-state index contributed by atoms with van der Waals surface area (Å²) in [4.78, 5) is 27.7. The molecule has 1 aliphatic rings. The largest absolute Gasteiger partial charge is 0.457 e. The van der Waals surface area contributed by atoms with Crippen LogP contribution in [0, 0.1) is 0 Å². The SMILES string of the molecule is CC(=O)O[C@H]1[C@H](OCc2ccccc2)[C@@H](OCc2ccccc2)[C@@H](OC(C)C)O[C@@H]1COC(=O)N(c1ccccc1)c1ccccc1. The summed E-state index contributed by atoms with van der Waals surface area (Å²) in [6.45, 7) is 5.31. The number of nitrogens with zero attached hydrogens (tertiary/aromatic N) is 1. The number of anilines is 2. The molecule has 5 atom stereocenters. The maximum absolute atomic E-state index is 13.7. The van der Waals surface area contributed by atoms with Gasteiger partial charge in [0.2, 0.25) is 0 Å². The van der Waals surface area contributed by atoms with Gasteiger partial charge in [-0.1, -0.05) is 97.1 Å². The van der Waals surface area contributed by atoms with Gasteiger partial charge in [-0.3, -0.25) is 4.79 Å². The summed E-state index contributed by atoms with van der Waals surface area (Å²) in [6.07, 6.45) is -5.33. The van der Waals surface area contributed by atoms with E-state index in [9.17, 15) is 9.59 Å². The third kappa shape index (κ3) is 9.49. The first-order chi connectivity index (χ1) is 22.9. The van der Waals surface area contributed by atoms with Gasteiger partial charge in [0.25, 0.3) is 0 Å². The number of carbonyl (C=O) groups excluding carboxylic acids is 2. The molecule has 0 spiro atoms. The van der Waals surface area contributed by atoms with Crippen molar-refractivity contribution >= 4 is 23.4 Å². The zero-order chi connectivity index (χ0) is 33.0. The number of ether oxygens (including phenoxy) is 6. The number of hydrogen-bond acceptors (Lipinski definition) is 8. The molecule has 4 aromatic rings. The number of para-hydroxylation sites is 2. The third-order valence-corrected chi connectivity index (χ3v) is 7.45. The smallest absolute Gasteiger partial charge is 0.419 e. The predicted octanol–water partition coefficient (Wildman–Crippen LogP) is 7.21. The van der Waals surface area contributed by atoms with E-state index in [0.717, 1.165) is 11.1 Å². The van der Waals surface area contributed by atoms with Gasteiger partial charge in [-0.05, 0) is 49.2 Å². The number of amides is 1. The van der Waals surface area contributed by atoms with Gasteiger partial charge in [-0.2, -0.15) is 0 Å². The second-order valence-corrected chi connectivity index (χ2v) is 11.4. The molecule has 1 fully saturated rings. The molecule has 0 bridgehead atoms. The molecule has 0 saturated carbocycles. The Kier molecular flexibility index (Phi) is 12.1. The van der Waals surface area contributed by atoms with Gasteiger partial charge in [-0.15, -0.1) is 0 Å². The van der Waals surface area contributed by atoms with Crippen molar-refractivity contribution in [3.05, 3.63) is 132 Å². The standard InChI is InChI=1S/C38H41NO8/c1-27(2)45-37-36(43-25-30-18-10-5-11-19-30)35(42-24-29-16-8-4-9-17-29)34(46-28(3)40)33(47-37)26-44-38(41)39(31-20-12-6-13-21-31)32-22-14-7-15-23-32/h4-23,27,33-37H,24-26H2,1-3H3/t33-,34-,35+,36-,37+/m1/s1. The van der Waals surface area contributed by atoms with Crippen LogP contribution in [-0.2, 0) is 46.4 Å². The van der Waals surface area contributed by atoms with Crippen LogP contribution in [0.25, 0.3) is 0 Å². The summed E-state index contributed by atoms with van der Waals surface area (Å²) < 4.78 is 37.4. The molecule has 0 aliphatic carbocycles. The zero-order valence-electron chi connectivity index (χ0n) is 26.8. The van der Waals surface area contributed by atoms with Crippen molar-refractivity contribution in [1.82, 2.24) is 0 Å². The number of hydrogen-bond donors (Lipinski definition) is 0. The first-order valence-electron chi connectivity index (χ1n) is 15.7. The van der Waals surface area contributed by atoms with E-state index < -0.39 is 42.8 Å². The molecule has 1 saturated heterocycles. The fourth-order valence-electron chi connectivity index (χ4n) is 5.36. The lowest BCUT2D eigenvalue weighted by molar-refractivity contribution is -0.327. The fourth-order valence-corrected chi connectivity index (χ4v) is 5.36. The van der Waals surface area contributed by atoms with Crippen LogP contribution in [0.1, 0.15) is 31.9 Å². The lowest BCUT2D eigenvalue weighted by atomic mass is 9.98. The Labute approximate surface area is 275 Å². The van der Waals surface area contributed by atoms with Gasteiger partial charge in [0, 0.05) is 6.92 Å². The molecule has 9 nitrogen and oxygen atoms in total. The predicted molar refractivity (Wildman–Crippen MR) is 177 cm³/mol. The minimum absolute atomic E-state index is 0.213. The number of rotatable bonds is 13. The monoisotopic (exact) mass is 639 g/mol. The van der Waals surface area contributed by atoms with Crippen molar-refractivity contribution < 1.29 is 38.0 Å². The van der Waals surface area contributed by atoms with Crippen molar-refractivity contribution in [2.45, 2.75) is 70.8 Å². The molecule has 0 aromatic heterocycles. The van der Waals surface area contributed by atoms with Gasteiger partial charge < -0.3 is 28.4 Å². The molecule has 0 unspecified atom stereocenters. The van der Waals surface area contributed by atoms with Crippen molar-refractivity contribution in [3.63, 3.8) is 0 Å². The first-order valence-corrected chi connectivity index (χ1v) is 15.7. The van der Waals surface area contributed by atoms with Crippen molar-refractivity contribution in [2.24, 2.45) is 0 Å². The van der Waals surface area contributed by atoms with E-state index in [1.807, 2.05) is 135 Å². The number of benzene rings is 4. The summed E-state index contributed by atoms with van der Waals surface area (Å²) in [7, 11) is 0. The summed E-state index contributed by atoms with van der Waals surface area (Å²) in [5.74, 6) is -0.538. The Hall–Kier alpha value is -4.54. The normalized spacial score (nSPS) is 20.8. The molecular weight excluding hydrogens is 598 g/mol. The van der Waals surface area contributed by atoms with Gasteiger partial charge in [0.1, 0.15) is 24.9 Å². The molecule has 1 heterocycles. The molecule has 4 aromatic carbocycles. The molecule has 0 radical (unpaired) electrons. The van der Waals surface area contributed by atoms with Gasteiger partial charge in [-0.25, -0.2) is 9.69 Å². The molecular formula is C38H41NO8. The molecule has 1 aliphatic heterocycles. The van der Waals surface area contributed by atoms with Gasteiger partial charge >= 0.3 is 12.1 Å². The second kappa shape index (κ2) is 16.9. The van der Waals surface area contributed by atoms with E-state index in [2.05, 4.69) is 0 Å². The molecule has 5 rings (SSSR count). The van der Waals surface area contributed by atoms with Crippen LogP contribution in [0.4, 0.5) is 16.2 Å². The highest BCUT2D eigenvalue weighted by atomic mass is 16.7. The summed E-state index contributed by atoms with van der Waals surface area (Å²) >= 11 is 0. The molecule has 9 heteroatoms. The van der Waals surface area contributed by atoms with E-state index in [1.54, 1.807) is 0 Å². The minimum Gasteiger partial charge on any atom is -0.457 e. The highest BCUT2D eigenvalue weighted by Gasteiger charge is 2.51. The first kappa shape index (κ1) is 33.8. The molecule has 1 amide bonds.